The number of aromatic nitrogens is 1. The van der Waals surface area contributed by atoms with Crippen LogP contribution in [0.2, 0.25) is 0 Å². The molecule has 2 unspecified atom stereocenters. The van der Waals surface area contributed by atoms with Crippen molar-refractivity contribution in [1.29, 1.82) is 0 Å². The van der Waals surface area contributed by atoms with E-state index in [0.29, 0.717) is 42.6 Å². The van der Waals surface area contributed by atoms with Gasteiger partial charge in [0.2, 0.25) is 5.76 Å². The third-order valence-electron chi connectivity index (χ3n) is 6.54. The molecule has 4 rings (SSSR count). The minimum absolute atomic E-state index is 0.0472. The average molecular weight is 544 g/mol. The second kappa shape index (κ2) is 9.29. The first-order valence-corrected chi connectivity index (χ1v) is 13.4. The molecule has 2 atom stereocenters. The summed E-state index contributed by atoms with van der Waals surface area (Å²) in [5.41, 5.74) is -2.27. The number of aliphatic carboxylic acids is 1. The van der Waals surface area contributed by atoms with Gasteiger partial charge < -0.3 is 14.5 Å². The normalized spacial score (nSPS) is 22.2. The number of rotatable bonds is 10. The van der Waals surface area contributed by atoms with E-state index in [9.17, 15) is 31.5 Å². The number of hydrogen-bond donors (Lipinski definition) is 2. The smallest absolute Gasteiger partial charge is 0.452 e. The molecule has 2 heterocycles. The van der Waals surface area contributed by atoms with E-state index in [1.165, 1.54) is 12.1 Å². The van der Waals surface area contributed by atoms with Crippen LogP contribution >= 0.6 is 11.3 Å². The van der Waals surface area contributed by atoms with Gasteiger partial charge in [-0.25, -0.2) is 8.42 Å². The summed E-state index contributed by atoms with van der Waals surface area (Å²) in [7, 11) is -4.35. The van der Waals surface area contributed by atoms with Crippen LogP contribution in [0, 0.1) is 0 Å². The molecule has 0 radical (unpaired) electrons. The van der Waals surface area contributed by atoms with Crippen LogP contribution in [-0.2, 0) is 26.4 Å². The molecule has 3 aromatic rings. The zero-order valence-electron chi connectivity index (χ0n) is 19.4. The zero-order valence-corrected chi connectivity index (χ0v) is 21.0. The third-order valence-corrected chi connectivity index (χ3v) is 9.63. The first-order chi connectivity index (χ1) is 16.9. The summed E-state index contributed by atoms with van der Waals surface area (Å²) in [4.78, 5) is 14.8. The summed E-state index contributed by atoms with van der Waals surface area (Å²) in [5.74, 6) is -2.61. The number of sulfonamides is 1. The van der Waals surface area contributed by atoms with Gasteiger partial charge in [0.1, 0.15) is 15.4 Å². The van der Waals surface area contributed by atoms with Crippen molar-refractivity contribution < 1.29 is 36.0 Å². The number of carboxylic acid groups (broad SMARTS) is 1. The maximum absolute atomic E-state index is 13.3. The van der Waals surface area contributed by atoms with Crippen molar-refractivity contribution in [3.05, 3.63) is 59.9 Å². The lowest BCUT2D eigenvalue weighted by Gasteiger charge is -2.30. The number of likely N-dealkylation sites (N-methyl/N-ethyl adjacent to an activating group) is 1. The summed E-state index contributed by atoms with van der Waals surface area (Å²) in [6, 6.07) is 12.1. The molecule has 0 amide bonds. The zero-order chi connectivity index (χ0) is 26.4. The van der Waals surface area contributed by atoms with Crippen LogP contribution in [-0.4, -0.2) is 54.7 Å². The van der Waals surface area contributed by atoms with Gasteiger partial charge in [-0.1, -0.05) is 49.3 Å². The van der Waals surface area contributed by atoms with Crippen molar-refractivity contribution in [2.24, 2.45) is 0 Å². The molecular formula is C23H24F3N3O5S2. The number of carbonyl (C=O) groups is 1. The number of thiophene rings is 1. The van der Waals surface area contributed by atoms with Gasteiger partial charge in [0, 0.05) is 18.0 Å². The topological polar surface area (TPSA) is 113 Å². The first-order valence-electron chi connectivity index (χ1n) is 11.1. The molecule has 194 valence electrons. The van der Waals surface area contributed by atoms with E-state index in [1.54, 1.807) is 30.3 Å². The van der Waals surface area contributed by atoms with Crippen molar-refractivity contribution in [2.75, 3.05) is 19.6 Å². The van der Waals surface area contributed by atoms with Crippen molar-refractivity contribution in [1.82, 2.24) is 14.8 Å². The van der Waals surface area contributed by atoms with Gasteiger partial charge >= 0.3 is 12.1 Å². The summed E-state index contributed by atoms with van der Waals surface area (Å²) < 4.78 is 71.7. The van der Waals surface area contributed by atoms with E-state index in [1.807, 2.05) is 18.7 Å². The van der Waals surface area contributed by atoms with Crippen molar-refractivity contribution in [3.63, 3.8) is 0 Å². The highest BCUT2D eigenvalue weighted by Gasteiger charge is 2.75. The molecule has 1 aliphatic rings. The Kier molecular flexibility index (Phi) is 6.79. The Morgan fingerprint density at radius 1 is 1.19 bits per heavy atom. The number of hydrogen-bond acceptors (Lipinski definition) is 7. The second-order valence-corrected chi connectivity index (χ2v) is 11.6. The maximum Gasteiger partial charge on any atom is 0.452 e. The standard InChI is InChI=1S/C23H24F3N3O5S2/c1-3-29(4-2)14-21(15-8-6-5-7-9-15)13-22(21,20(30)31)28-36(32,33)19-11-10-17(35-19)16-12-18(34-27-16)23(24,25)26/h5-12,28H,3-4,13-14H2,1-2H3,(H,30,31). The van der Waals surface area contributed by atoms with Gasteiger partial charge in [0.05, 0.1) is 4.88 Å². The molecule has 2 N–H and O–H groups in total. The van der Waals surface area contributed by atoms with Crippen molar-refractivity contribution in [2.45, 2.75) is 41.6 Å². The quantitative estimate of drug-likeness (QED) is 0.394. The molecule has 0 spiro atoms. The fraction of sp³-hybridized carbons (Fsp3) is 0.391. The minimum atomic E-state index is -4.73. The maximum atomic E-state index is 13.3. The highest BCUT2D eigenvalue weighted by molar-refractivity contribution is 7.91. The molecule has 13 heteroatoms. The van der Waals surface area contributed by atoms with E-state index >= 15 is 0 Å². The molecule has 1 fully saturated rings. The van der Waals surface area contributed by atoms with Gasteiger partial charge in [0.15, 0.2) is 0 Å². The summed E-state index contributed by atoms with van der Waals surface area (Å²) in [5, 5.41) is 13.6. The van der Waals surface area contributed by atoms with E-state index in [-0.39, 0.29) is 21.2 Å². The Morgan fingerprint density at radius 3 is 2.42 bits per heavy atom. The fourth-order valence-corrected chi connectivity index (χ4v) is 7.17. The SMILES string of the molecule is CCN(CC)CC1(c2ccccc2)CC1(NS(=O)(=O)c1ccc(-c2cc(C(F)(F)F)on2)s1)C(=O)O. The fourth-order valence-electron chi connectivity index (χ4n) is 4.49. The Hall–Kier alpha value is -2.74. The molecule has 0 bridgehead atoms. The van der Waals surface area contributed by atoms with E-state index < -0.39 is 38.9 Å². The van der Waals surface area contributed by atoms with Crippen LogP contribution in [0.25, 0.3) is 10.6 Å². The molecule has 0 aliphatic heterocycles. The van der Waals surface area contributed by atoms with Crippen LogP contribution in [0.4, 0.5) is 13.2 Å². The van der Waals surface area contributed by atoms with Gasteiger partial charge in [-0.3, -0.25) is 4.79 Å². The number of nitrogens with one attached hydrogen (secondary N) is 1. The monoisotopic (exact) mass is 543 g/mol. The Bertz CT molecular complexity index is 1350. The largest absolute Gasteiger partial charge is 0.480 e. The van der Waals surface area contributed by atoms with Gasteiger partial charge in [-0.05, 0) is 37.2 Å². The predicted molar refractivity (Wildman–Crippen MR) is 126 cm³/mol. The number of nitrogens with zero attached hydrogens (tertiary/aromatic N) is 2. The molecule has 1 aliphatic carbocycles. The third kappa shape index (κ3) is 4.56. The van der Waals surface area contributed by atoms with E-state index in [4.69, 9.17) is 0 Å². The number of benzene rings is 1. The van der Waals surface area contributed by atoms with Crippen LogP contribution in [0.1, 0.15) is 31.6 Å². The van der Waals surface area contributed by atoms with E-state index in [0.717, 1.165) is 0 Å². The minimum Gasteiger partial charge on any atom is -0.480 e. The van der Waals surface area contributed by atoms with Crippen LogP contribution < -0.4 is 4.72 Å². The molecule has 1 aromatic carbocycles. The van der Waals surface area contributed by atoms with Gasteiger partial charge in [-0.15, -0.1) is 11.3 Å². The second-order valence-electron chi connectivity index (χ2n) is 8.60. The van der Waals surface area contributed by atoms with Crippen molar-refractivity contribution >= 4 is 27.3 Å². The van der Waals surface area contributed by atoms with E-state index in [2.05, 4.69) is 14.4 Å². The van der Waals surface area contributed by atoms with Crippen LogP contribution in [0.3, 0.4) is 0 Å². The van der Waals surface area contributed by atoms with Crippen molar-refractivity contribution in [3.8, 4) is 10.6 Å². The molecule has 36 heavy (non-hydrogen) atoms. The Morgan fingerprint density at radius 2 is 1.86 bits per heavy atom. The lowest BCUT2D eigenvalue weighted by Crippen LogP contribution is -2.51. The molecule has 8 nitrogen and oxygen atoms in total. The lowest BCUT2D eigenvalue weighted by molar-refractivity contribution is -0.155. The number of carboxylic acids is 1. The lowest BCUT2D eigenvalue weighted by atomic mass is 9.90. The van der Waals surface area contributed by atoms with Crippen LogP contribution in [0.15, 0.2) is 57.3 Å². The van der Waals surface area contributed by atoms with Gasteiger partial charge in [-0.2, -0.15) is 17.9 Å². The summed E-state index contributed by atoms with van der Waals surface area (Å²) in [6.45, 7) is 5.52. The molecule has 2 aromatic heterocycles. The molecule has 0 saturated heterocycles. The summed E-state index contributed by atoms with van der Waals surface area (Å²) >= 11 is 0.672. The molecule has 1 saturated carbocycles. The predicted octanol–water partition coefficient (Wildman–Crippen LogP) is 4.21. The summed E-state index contributed by atoms with van der Waals surface area (Å²) in [6.07, 6.45) is -4.68. The van der Waals surface area contributed by atoms with Crippen LogP contribution in [0.5, 0.6) is 0 Å². The van der Waals surface area contributed by atoms with Gasteiger partial charge in [0.25, 0.3) is 10.0 Å². The first kappa shape index (κ1) is 26.3. The Balaban J connectivity index is 1.68. The number of halogens is 3. The Labute approximate surface area is 209 Å². The highest BCUT2D eigenvalue weighted by Crippen LogP contribution is 2.59. The average Bonchev–Trinajstić information content (AvgIpc) is 3.23. The number of alkyl halides is 3. The highest BCUT2D eigenvalue weighted by atomic mass is 32.2. The molecular weight excluding hydrogens is 519 g/mol.